The third-order valence-electron chi connectivity index (χ3n) is 2.31. The van der Waals surface area contributed by atoms with Crippen LogP contribution in [0.5, 0.6) is 5.75 Å². The van der Waals surface area contributed by atoms with Crippen molar-refractivity contribution in [3.8, 4) is 17.0 Å². The highest BCUT2D eigenvalue weighted by atomic mass is 35.5. The van der Waals surface area contributed by atoms with E-state index in [0.717, 1.165) is 11.3 Å². The standard InChI is InChI=1S/C11H10Cl2N2O/c1-15-10(3-4-14-15)8-5-7(12)6-9(13)11(8)16-2/h3-6H,1-2H3. The Labute approximate surface area is 104 Å². The fraction of sp³-hybridized carbons (Fsp3) is 0.182. The molecule has 0 aliphatic carbocycles. The van der Waals surface area contributed by atoms with Gasteiger partial charge in [0.05, 0.1) is 17.8 Å². The van der Waals surface area contributed by atoms with Gasteiger partial charge in [-0.2, -0.15) is 5.10 Å². The van der Waals surface area contributed by atoms with Crippen molar-refractivity contribution in [3.05, 3.63) is 34.4 Å². The number of ether oxygens (including phenoxy) is 1. The molecule has 5 heteroatoms. The summed E-state index contributed by atoms with van der Waals surface area (Å²) in [6.07, 6.45) is 1.71. The van der Waals surface area contributed by atoms with Gasteiger partial charge >= 0.3 is 0 Å². The molecule has 0 N–H and O–H groups in total. The Hall–Kier alpha value is -1.19. The van der Waals surface area contributed by atoms with Crippen LogP contribution in [0.2, 0.25) is 10.0 Å². The second-order valence-corrected chi connectivity index (χ2v) is 4.15. The Morgan fingerprint density at radius 2 is 2.06 bits per heavy atom. The normalized spacial score (nSPS) is 10.5. The summed E-state index contributed by atoms with van der Waals surface area (Å²) in [6.45, 7) is 0. The second-order valence-electron chi connectivity index (χ2n) is 3.31. The lowest BCUT2D eigenvalue weighted by Crippen LogP contribution is -1.96. The van der Waals surface area contributed by atoms with Crippen molar-refractivity contribution < 1.29 is 4.74 Å². The zero-order valence-electron chi connectivity index (χ0n) is 8.87. The van der Waals surface area contributed by atoms with Gasteiger partial charge in [-0.05, 0) is 18.2 Å². The number of benzene rings is 1. The van der Waals surface area contributed by atoms with Crippen molar-refractivity contribution >= 4 is 23.2 Å². The van der Waals surface area contributed by atoms with Crippen molar-refractivity contribution in [1.29, 1.82) is 0 Å². The van der Waals surface area contributed by atoms with E-state index in [1.54, 1.807) is 24.1 Å². The first-order valence-corrected chi connectivity index (χ1v) is 5.40. The number of hydrogen-bond acceptors (Lipinski definition) is 2. The summed E-state index contributed by atoms with van der Waals surface area (Å²) in [4.78, 5) is 0. The number of rotatable bonds is 2. The van der Waals surface area contributed by atoms with Gasteiger partial charge in [0, 0.05) is 23.8 Å². The Kier molecular flexibility index (Phi) is 3.08. The SMILES string of the molecule is COc1c(Cl)cc(Cl)cc1-c1ccnn1C. The highest BCUT2D eigenvalue weighted by Gasteiger charge is 2.13. The van der Waals surface area contributed by atoms with E-state index >= 15 is 0 Å². The molecular weight excluding hydrogens is 247 g/mol. The van der Waals surface area contributed by atoms with E-state index in [1.165, 1.54) is 0 Å². The van der Waals surface area contributed by atoms with Gasteiger partial charge in [0.15, 0.2) is 0 Å². The summed E-state index contributed by atoms with van der Waals surface area (Å²) < 4.78 is 7.02. The Balaban J connectivity index is 2.68. The van der Waals surface area contributed by atoms with Crippen LogP contribution in [0.3, 0.4) is 0 Å². The van der Waals surface area contributed by atoms with Crippen LogP contribution >= 0.6 is 23.2 Å². The van der Waals surface area contributed by atoms with Crippen LogP contribution in [0.4, 0.5) is 0 Å². The average Bonchev–Trinajstić information content (AvgIpc) is 2.63. The summed E-state index contributed by atoms with van der Waals surface area (Å²) >= 11 is 12.0. The van der Waals surface area contributed by atoms with Crippen LogP contribution in [0.25, 0.3) is 11.3 Å². The lowest BCUT2D eigenvalue weighted by Gasteiger charge is -2.11. The van der Waals surface area contributed by atoms with Crippen LogP contribution in [-0.2, 0) is 7.05 Å². The summed E-state index contributed by atoms with van der Waals surface area (Å²) in [6, 6.07) is 5.34. The minimum atomic E-state index is 0.492. The van der Waals surface area contributed by atoms with E-state index in [4.69, 9.17) is 27.9 Å². The quantitative estimate of drug-likeness (QED) is 0.824. The molecule has 0 fully saturated rings. The topological polar surface area (TPSA) is 27.1 Å². The van der Waals surface area contributed by atoms with Gasteiger partial charge in [0.1, 0.15) is 5.75 Å². The number of methoxy groups -OCH3 is 1. The average molecular weight is 257 g/mol. The lowest BCUT2D eigenvalue weighted by atomic mass is 10.1. The van der Waals surface area contributed by atoms with Gasteiger partial charge in [-0.25, -0.2) is 0 Å². The molecule has 2 aromatic rings. The monoisotopic (exact) mass is 256 g/mol. The molecule has 3 nitrogen and oxygen atoms in total. The molecule has 1 aromatic heterocycles. The lowest BCUT2D eigenvalue weighted by molar-refractivity contribution is 0.416. The Morgan fingerprint density at radius 1 is 1.31 bits per heavy atom. The van der Waals surface area contributed by atoms with Gasteiger partial charge < -0.3 is 4.74 Å². The maximum atomic E-state index is 6.06. The number of aryl methyl sites for hydroxylation is 1. The molecule has 0 atom stereocenters. The molecule has 0 spiro atoms. The zero-order chi connectivity index (χ0) is 11.7. The molecule has 0 aliphatic rings. The Morgan fingerprint density at radius 3 is 2.62 bits per heavy atom. The number of nitrogens with zero attached hydrogens (tertiary/aromatic N) is 2. The zero-order valence-corrected chi connectivity index (χ0v) is 10.4. The molecule has 1 heterocycles. The van der Waals surface area contributed by atoms with Gasteiger partial charge in [-0.15, -0.1) is 0 Å². The molecule has 0 saturated heterocycles. The first-order chi connectivity index (χ1) is 7.63. The van der Waals surface area contributed by atoms with Crippen LogP contribution in [0.1, 0.15) is 0 Å². The van der Waals surface area contributed by atoms with E-state index in [2.05, 4.69) is 5.10 Å². The maximum Gasteiger partial charge on any atom is 0.146 e. The van der Waals surface area contributed by atoms with E-state index in [9.17, 15) is 0 Å². The predicted molar refractivity (Wildman–Crippen MR) is 65.2 cm³/mol. The largest absolute Gasteiger partial charge is 0.494 e. The smallest absolute Gasteiger partial charge is 0.146 e. The maximum absolute atomic E-state index is 6.06. The van der Waals surface area contributed by atoms with Crippen LogP contribution in [-0.4, -0.2) is 16.9 Å². The van der Waals surface area contributed by atoms with E-state index in [0.29, 0.717) is 15.8 Å². The van der Waals surface area contributed by atoms with Crippen molar-refractivity contribution in [2.24, 2.45) is 7.05 Å². The van der Waals surface area contributed by atoms with Crippen molar-refractivity contribution in [2.45, 2.75) is 0 Å². The van der Waals surface area contributed by atoms with E-state index in [-0.39, 0.29) is 0 Å². The summed E-state index contributed by atoms with van der Waals surface area (Å²) in [5.74, 6) is 0.606. The molecule has 2 rings (SSSR count). The van der Waals surface area contributed by atoms with Gasteiger partial charge in [0.2, 0.25) is 0 Å². The third kappa shape index (κ3) is 1.88. The highest BCUT2D eigenvalue weighted by molar-refractivity contribution is 6.36. The van der Waals surface area contributed by atoms with Crippen LogP contribution < -0.4 is 4.74 Å². The summed E-state index contributed by atoms with van der Waals surface area (Å²) in [5.41, 5.74) is 1.74. The van der Waals surface area contributed by atoms with Gasteiger partial charge in [-0.1, -0.05) is 23.2 Å². The first kappa shape index (κ1) is 11.3. The highest BCUT2D eigenvalue weighted by Crippen LogP contribution is 2.38. The predicted octanol–water partition coefficient (Wildman–Crippen LogP) is 3.40. The molecule has 0 bridgehead atoms. The first-order valence-electron chi connectivity index (χ1n) is 4.65. The number of halogens is 2. The van der Waals surface area contributed by atoms with Crippen molar-refractivity contribution in [1.82, 2.24) is 9.78 Å². The summed E-state index contributed by atoms with van der Waals surface area (Å²) in [7, 11) is 3.43. The molecular formula is C11H10Cl2N2O. The van der Waals surface area contributed by atoms with Gasteiger partial charge in [-0.3, -0.25) is 4.68 Å². The Bertz CT molecular complexity index is 523. The third-order valence-corrected chi connectivity index (χ3v) is 2.81. The second kappa shape index (κ2) is 4.36. The van der Waals surface area contributed by atoms with Gasteiger partial charge in [0.25, 0.3) is 0 Å². The molecule has 1 aromatic carbocycles. The fourth-order valence-corrected chi connectivity index (χ4v) is 2.17. The molecule has 0 unspecified atom stereocenters. The molecule has 0 amide bonds. The fourth-order valence-electron chi connectivity index (χ4n) is 1.60. The van der Waals surface area contributed by atoms with Crippen LogP contribution in [0.15, 0.2) is 24.4 Å². The molecule has 16 heavy (non-hydrogen) atoms. The van der Waals surface area contributed by atoms with E-state index in [1.807, 2.05) is 19.2 Å². The van der Waals surface area contributed by atoms with E-state index < -0.39 is 0 Å². The van der Waals surface area contributed by atoms with Crippen LogP contribution in [0, 0.1) is 0 Å². The molecule has 0 saturated carbocycles. The molecule has 84 valence electrons. The molecule has 0 radical (unpaired) electrons. The summed E-state index contributed by atoms with van der Waals surface area (Å²) in [5, 5.41) is 5.17. The molecule has 0 aliphatic heterocycles. The number of aromatic nitrogens is 2. The van der Waals surface area contributed by atoms with Crippen molar-refractivity contribution in [3.63, 3.8) is 0 Å². The minimum absolute atomic E-state index is 0.492. The minimum Gasteiger partial charge on any atom is -0.494 e. The number of hydrogen-bond donors (Lipinski definition) is 0. The van der Waals surface area contributed by atoms with Crippen molar-refractivity contribution in [2.75, 3.05) is 7.11 Å².